The molecule has 1 heterocycles. The van der Waals surface area contributed by atoms with Crippen LogP contribution in [0.2, 0.25) is 9.36 Å². The fourth-order valence-corrected chi connectivity index (χ4v) is 2.93. The Labute approximate surface area is 124 Å². The Bertz CT molecular complexity index is 612. The highest BCUT2D eigenvalue weighted by Gasteiger charge is 2.11. The molecule has 0 bridgehead atoms. The summed E-state index contributed by atoms with van der Waals surface area (Å²) < 4.78 is 0.732. The average molecular weight is 316 g/mol. The van der Waals surface area contributed by atoms with Crippen LogP contribution in [0.5, 0.6) is 0 Å². The van der Waals surface area contributed by atoms with Crippen LogP contribution >= 0.6 is 34.5 Å². The van der Waals surface area contributed by atoms with E-state index in [4.69, 9.17) is 28.3 Å². The number of anilines is 1. The summed E-state index contributed by atoms with van der Waals surface area (Å²) in [5, 5.41) is 12.5. The second-order valence-corrected chi connectivity index (χ2v) is 6.16. The lowest BCUT2D eigenvalue weighted by molar-refractivity contribution is 0.0697. The highest BCUT2D eigenvalue weighted by atomic mass is 35.5. The molecule has 19 heavy (non-hydrogen) atoms. The van der Waals surface area contributed by atoms with E-state index in [-0.39, 0.29) is 11.6 Å². The van der Waals surface area contributed by atoms with Crippen molar-refractivity contribution < 1.29 is 9.90 Å². The molecule has 0 aliphatic heterocycles. The number of carboxylic acid groups (broad SMARTS) is 1. The van der Waals surface area contributed by atoms with Crippen molar-refractivity contribution in [1.82, 2.24) is 0 Å². The van der Waals surface area contributed by atoms with Crippen LogP contribution in [0.25, 0.3) is 0 Å². The summed E-state index contributed by atoms with van der Waals surface area (Å²) in [5.74, 6) is -0.994. The van der Waals surface area contributed by atoms with E-state index < -0.39 is 5.97 Å². The van der Waals surface area contributed by atoms with Gasteiger partial charge in [-0.15, -0.1) is 11.3 Å². The van der Waals surface area contributed by atoms with Gasteiger partial charge in [0.15, 0.2) is 0 Å². The monoisotopic (exact) mass is 315 g/mol. The third-order valence-electron chi connectivity index (χ3n) is 2.61. The van der Waals surface area contributed by atoms with Crippen molar-refractivity contribution in [3.63, 3.8) is 0 Å². The van der Waals surface area contributed by atoms with Crippen molar-refractivity contribution in [1.29, 1.82) is 0 Å². The van der Waals surface area contributed by atoms with E-state index in [9.17, 15) is 4.79 Å². The molecule has 2 aromatic rings. The van der Waals surface area contributed by atoms with Gasteiger partial charge in [-0.25, -0.2) is 4.79 Å². The first-order valence-electron chi connectivity index (χ1n) is 5.52. The molecule has 0 fully saturated rings. The Morgan fingerprint density at radius 3 is 2.58 bits per heavy atom. The minimum atomic E-state index is -0.994. The minimum Gasteiger partial charge on any atom is -0.478 e. The molecule has 1 aromatic carbocycles. The summed E-state index contributed by atoms with van der Waals surface area (Å²) in [6.07, 6.45) is 0. The smallest absolute Gasteiger partial charge is 0.335 e. The van der Waals surface area contributed by atoms with Crippen LogP contribution in [0.4, 0.5) is 5.69 Å². The van der Waals surface area contributed by atoms with Crippen LogP contribution in [0, 0.1) is 0 Å². The van der Waals surface area contributed by atoms with Gasteiger partial charge in [0.25, 0.3) is 0 Å². The molecule has 3 nitrogen and oxygen atoms in total. The van der Waals surface area contributed by atoms with E-state index in [1.165, 1.54) is 23.5 Å². The Balaban J connectivity index is 2.17. The normalized spacial score (nSPS) is 12.2. The maximum Gasteiger partial charge on any atom is 0.335 e. The third kappa shape index (κ3) is 3.41. The standard InChI is InChI=1S/C13H11Cl2NO2S/c1-7(11-4-5-12(15)19-11)16-10-3-2-8(13(17)18)6-9(10)14/h2-7,16H,1H3,(H,17,18). The highest BCUT2D eigenvalue weighted by Crippen LogP contribution is 2.31. The van der Waals surface area contributed by atoms with E-state index in [0.29, 0.717) is 10.7 Å². The van der Waals surface area contributed by atoms with Crippen LogP contribution < -0.4 is 5.32 Å². The predicted octanol–water partition coefficient (Wildman–Crippen LogP) is 4.93. The van der Waals surface area contributed by atoms with Gasteiger partial charge in [0.2, 0.25) is 0 Å². The quantitative estimate of drug-likeness (QED) is 0.841. The number of halogens is 2. The number of nitrogens with one attached hydrogen (secondary N) is 1. The van der Waals surface area contributed by atoms with Crippen molar-refractivity contribution in [2.45, 2.75) is 13.0 Å². The highest BCUT2D eigenvalue weighted by molar-refractivity contribution is 7.16. The Morgan fingerprint density at radius 1 is 1.32 bits per heavy atom. The maximum atomic E-state index is 10.8. The van der Waals surface area contributed by atoms with Crippen LogP contribution in [0.3, 0.4) is 0 Å². The maximum absolute atomic E-state index is 10.8. The summed E-state index contributed by atoms with van der Waals surface area (Å²) in [4.78, 5) is 11.9. The molecule has 100 valence electrons. The second kappa shape index (κ2) is 5.82. The number of hydrogen-bond donors (Lipinski definition) is 2. The van der Waals surface area contributed by atoms with Crippen molar-refractivity contribution in [3.05, 3.63) is 50.1 Å². The van der Waals surface area contributed by atoms with E-state index in [1.54, 1.807) is 6.07 Å². The number of benzene rings is 1. The molecule has 0 spiro atoms. The van der Waals surface area contributed by atoms with Crippen LogP contribution in [0.1, 0.15) is 28.2 Å². The zero-order chi connectivity index (χ0) is 14.0. The molecule has 0 saturated heterocycles. The largest absolute Gasteiger partial charge is 0.478 e. The SMILES string of the molecule is CC(Nc1ccc(C(=O)O)cc1Cl)c1ccc(Cl)s1. The first-order valence-corrected chi connectivity index (χ1v) is 7.09. The topological polar surface area (TPSA) is 49.3 Å². The lowest BCUT2D eigenvalue weighted by Gasteiger charge is -2.15. The summed E-state index contributed by atoms with van der Waals surface area (Å²) in [6.45, 7) is 1.99. The first kappa shape index (κ1) is 14.2. The molecule has 6 heteroatoms. The van der Waals surface area contributed by atoms with Crippen molar-refractivity contribution >= 4 is 46.2 Å². The number of carbonyl (C=O) groups is 1. The van der Waals surface area contributed by atoms with Gasteiger partial charge in [0.1, 0.15) is 0 Å². The molecule has 2 N–H and O–H groups in total. The Hall–Kier alpha value is -1.23. The minimum absolute atomic E-state index is 0.0469. The summed E-state index contributed by atoms with van der Waals surface area (Å²) in [6, 6.07) is 8.45. The zero-order valence-corrected chi connectivity index (χ0v) is 12.3. The van der Waals surface area contributed by atoms with Crippen molar-refractivity contribution in [2.75, 3.05) is 5.32 Å². The molecular weight excluding hydrogens is 305 g/mol. The average Bonchev–Trinajstić information content (AvgIpc) is 2.78. The molecule has 2 rings (SSSR count). The lowest BCUT2D eigenvalue weighted by atomic mass is 10.2. The number of rotatable bonds is 4. The molecular formula is C13H11Cl2NO2S. The molecule has 0 aliphatic carbocycles. The molecule has 1 unspecified atom stereocenters. The number of aromatic carboxylic acids is 1. The van der Waals surface area contributed by atoms with E-state index >= 15 is 0 Å². The molecule has 0 aliphatic rings. The first-order chi connectivity index (χ1) is 8.97. The number of hydrogen-bond acceptors (Lipinski definition) is 3. The van der Waals surface area contributed by atoms with Crippen LogP contribution in [-0.2, 0) is 0 Å². The van der Waals surface area contributed by atoms with Crippen molar-refractivity contribution in [3.8, 4) is 0 Å². The van der Waals surface area contributed by atoms with Gasteiger partial charge >= 0.3 is 5.97 Å². The van der Waals surface area contributed by atoms with E-state index in [0.717, 1.165) is 9.21 Å². The van der Waals surface area contributed by atoms with Crippen molar-refractivity contribution in [2.24, 2.45) is 0 Å². The van der Waals surface area contributed by atoms with Gasteiger partial charge in [-0.2, -0.15) is 0 Å². The molecule has 0 amide bonds. The molecule has 1 atom stereocenters. The zero-order valence-electron chi connectivity index (χ0n) is 9.98. The Kier molecular flexibility index (Phi) is 4.34. The number of thiophene rings is 1. The fraction of sp³-hybridized carbons (Fsp3) is 0.154. The third-order valence-corrected chi connectivity index (χ3v) is 4.34. The molecule has 0 radical (unpaired) electrons. The predicted molar refractivity (Wildman–Crippen MR) is 79.8 cm³/mol. The van der Waals surface area contributed by atoms with Gasteiger partial charge in [0, 0.05) is 4.88 Å². The van der Waals surface area contributed by atoms with E-state index in [1.807, 2.05) is 19.1 Å². The molecule has 1 aromatic heterocycles. The number of carboxylic acids is 1. The summed E-state index contributed by atoms with van der Waals surface area (Å²) >= 11 is 13.5. The van der Waals surface area contributed by atoms with Gasteiger partial charge in [0.05, 0.1) is 26.7 Å². The van der Waals surface area contributed by atoms with Gasteiger partial charge in [-0.3, -0.25) is 0 Å². The van der Waals surface area contributed by atoms with Crippen LogP contribution in [-0.4, -0.2) is 11.1 Å². The summed E-state index contributed by atoms with van der Waals surface area (Å²) in [5.41, 5.74) is 0.867. The van der Waals surface area contributed by atoms with E-state index in [2.05, 4.69) is 5.32 Å². The second-order valence-electron chi connectivity index (χ2n) is 4.01. The fourth-order valence-electron chi connectivity index (χ4n) is 1.63. The van der Waals surface area contributed by atoms with Gasteiger partial charge in [-0.05, 0) is 37.3 Å². The Morgan fingerprint density at radius 2 is 2.05 bits per heavy atom. The summed E-state index contributed by atoms with van der Waals surface area (Å²) in [7, 11) is 0. The lowest BCUT2D eigenvalue weighted by Crippen LogP contribution is -2.06. The van der Waals surface area contributed by atoms with Gasteiger partial charge < -0.3 is 10.4 Å². The van der Waals surface area contributed by atoms with Crippen LogP contribution in [0.15, 0.2) is 30.3 Å². The molecule has 0 saturated carbocycles. The van der Waals surface area contributed by atoms with Gasteiger partial charge in [-0.1, -0.05) is 23.2 Å².